The maximum absolute atomic E-state index is 2.48. The molecule has 0 saturated heterocycles. The molecule has 0 N–H and O–H groups in total. The molecule has 66 heavy (non-hydrogen) atoms. The summed E-state index contributed by atoms with van der Waals surface area (Å²) in [6.07, 6.45) is 0. The smallest absolute Gasteiger partial charge is 0.0620 e. The Bertz CT molecular complexity index is 4360. The van der Waals surface area contributed by atoms with Gasteiger partial charge in [-0.05, 0) is 123 Å². The highest BCUT2D eigenvalue weighted by Gasteiger charge is 2.36. The first-order valence-electron chi connectivity index (χ1n) is 23.1. The summed E-state index contributed by atoms with van der Waals surface area (Å²) in [6, 6.07) is 79.3. The number of hydrogen-bond acceptors (Lipinski definition) is 0. The summed E-state index contributed by atoms with van der Waals surface area (Å²) >= 11 is 0. The second-order valence-corrected chi connectivity index (χ2v) is 18.9. The number of aromatic nitrogens is 3. The Labute approximate surface area is 381 Å². The Hall–Kier alpha value is -8.40. The average Bonchev–Trinajstić information content (AvgIpc) is 4.14. The molecule has 0 atom stereocenters. The van der Waals surface area contributed by atoms with Crippen LogP contribution >= 0.6 is 0 Å². The molecule has 308 valence electrons. The van der Waals surface area contributed by atoms with Crippen molar-refractivity contribution in [1.82, 2.24) is 13.5 Å². The highest BCUT2D eigenvalue weighted by Crippen LogP contribution is 2.51. The van der Waals surface area contributed by atoms with Crippen LogP contribution in [0.1, 0.15) is 25.0 Å². The molecule has 0 spiro atoms. The van der Waals surface area contributed by atoms with Gasteiger partial charge in [-0.1, -0.05) is 147 Å². The van der Waals surface area contributed by atoms with E-state index in [0.29, 0.717) is 0 Å². The summed E-state index contributed by atoms with van der Waals surface area (Å²) in [4.78, 5) is 0. The van der Waals surface area contributed by atoms with Gasteiger partial charge in [0.05, 0.1) is 38.6 Å². The molecule has 0 bridgehead atoms. The molecule has 0 aliphatic heterocycles. The molecule has 0 unspecified atom stereocenters. The van der Waals surface area contributed by atoms with Gasteiger partial charge in [-0.25, -0.2) is 0 Å². The van der Waals surface area contributed by atoms with E-state index in [-0.39, 0.29) is 5.41 Å². The lowest BCUT2D eigenvalue weighted by Crippen LogP contribution is -2.15. The minimum absolute atomic E-state index is 0.194. The minimum Gasteiger partial charge on any atom is -0.309 e. The van der Waals surface area contributed by atoms with E-state index in [1.165, 1.54) is 138 Å². The van der Waals surface area contributed by atoms with Gasteiger partial charge in [-0.2, -0.15) is 0 Å². The van der Waals surface area contributed by atoms with E-state index < -0.39 is 0 Å². The molecule has 3 heteroatoms. The lowest BCUT2D eigenvalue weighted by molar-refractivity contribution is 0.660. The van der Waals surface area contributed by atoms with E-state index in [0.717, 1.165) is 0 Å². The molecule has 1 aliphatic rings. The molecule has 0 amide bonds. The molecule has 1 aliphatic carbocycles. The van der Waals surface area contributed by atoms with E-state index in [1.807, 2.05) is 0 Å². The SMILES string of the molecule is CC1(C)c2cc(-c3ccc4c5cccc6c7ccccc7n(c4c3)c65)ccc2-c2ccc(-n3c4ccccc4c4cc(-c5ccc6c(c5)c5ccccc5n6-c5ccccc5)ccc43)cc21. The van der Waals surface area contributed by atoms with Crippen LogP contribution in [0.15, 0.2) is 212 Å². The number of hydrogen-bond donors (Lipinski definition) is 0. The van der Waals surface area contributed by atoms with Gasteiger partial charge in [-0.3, -0.25) is 0 Å². The molecule has 10 aromatic carbocycles. The Morgan fingerprint density at radius 1 is 0.288 bits per heavy atom. The zero-order valence-electron chi connectivity index (χ0n) is 36.5. The number of rotatable bonds is 4. The Morgan fingerprint density at radius 2 is 0.742 bits per heavy atom. The minimum atomic E-state index is -0.194. The van der Waals surface area contributed by atoms with Crippen LogP contribution in [0.3, 0.4) is 0 Å². The van der Waals surface area contributed by atoms with E-state index in [4.69, 9.17) is 0 Å². The van der Waals surface area contributed by atoms with Crippen LogP contribution in [0, 0.1) is 0 Å². The topological polar surface area (TPSA) is 14.3 Å². The standard InChI is InChI=1S/C63H41N3/c1-63(2)54-35-40(41-24-29-49-51-19-12-18-50-46-15-6-11-22-58(46)66(62(50)51)61(49)36-41)23-28-44(54)45-30-27-43(37-55(45)63)65-57-21-10-8-17-48(57)53-34-39(26-32-60(53)65)38-25-31-59-52(33-38)47-16-7-9-20-56(47)64(59)42-13-4-3-5-14-42/h3-37H,1-2H3. The second-order valence-electron chi connectivity index (χ2n) is 18.9. The fraction of sp³-hybridized carbons (Fsp3) is 0.0476. The molecule has 0 fully saturated rings. The van der Waals surface area contributed by atoms with Crippen LogP contribution in [-0.2, 0) is 5.41 Å². The maximum Gasteiger partial charge on any atom is 0.0620 e. The molecular weight excluding hydrogens is 799 g/mol. The first-order valence-corrected chi connectivity index (χ1v) is 23.1. The molecular formula is C63H41N3. The van der Waals surface area contributed by atoms with Crippen molar-refractivity contribution in [3.8, 4) is 44.8 Å². The van der Waals surface area contributed by atoms with Crippen LogP contribution in [0.5, 0.6) is 0 Å². The van der Waals surface area contributed by atoms with Crippen LogP contribution < -0.4 is 0 Å². The summed E-state index contributed by atoms with van der Waals surface area (Å²) in [5.41, 5.74) is 21.2. The van der Waals surface area contributed by atoms with Crippen molar-refractivity contribution in [2.45, 2.75) is 19.3 Å². The maximum atomic E-state index is 2.48. The Balaban J connectivity index is 0.829. The molecule has 3 nitrogen and oxygen atoms in total. The number of para-hydroxylation sites is 5. The second kappa shape index (κ2) is 12.9. The Morgan fingerprint density at radius 3 is 1.41 bits per heavy atom. The van der Waals surface area contributed by atoms with Crippen molar-refractivity contribution in [2.75, 3.05) is 0 Å². The van der Waals surface area contributed by atoms with Gasteiger partial charge < -0.3 is 13.5 Å². The fourth-order valence-corrected chi connectivity index (χ4v) is 12.1. The molecule has 0 saturated carbocycles. The first kappa shape index (κ1) is 36.0. The first-order chi connectivity index (χ1) is 32.5. The normalized spacial score (nSPS) is 13.4. The van der Waals surface area contributed by atoms with Crippen LogP contribution in [0.25, 0.3) is 126 Å². The molecule has 0 radical (unpaired) electrons. The van der Waals surface area contributed by atoms with Crippen molar-refractivity contribution in [3.63, 3.8) is 0 Å². The van der Waals surface area contributed by atoms with Crippen molar-refractivity contribution in [2.24, 2.45) is 0 Å². The monoisotopic (exact) mass is 839 g/mol. The largest absolute Gasteiger partial charge is 0.309 e. The van der Waals surface area contributed by atoms with E-state index in [1.54, 1.807) is 0 Å². The molecule has 14 aromatic rings. The van der Waals surface area contributed by atoms with Gasteiger partial charge in [0.1, 0.15) is 0 Å². The zero-order valence-corrected chi connectivity index (χ0v) is 36.5. The Kier molecular flexibility index (Phi) is 7.02. The van der Waals surface area contributed by atoms with Gasteiger partial charge >= 0.3 is 0 Å². The van der Waals surface area contributed by atoms with Crippen molar-refractivity contribution in [1.29, 1.82) is 0 Å². The molecule has 4 heterocycles. The van der Waals surface area contributed by atoms with Crippen molar-refractivity contribution < 1.29 is 0 Å². The summed E-state index contributed by atoms with van der Waals surface area (Å²) in [6.45, 7) is 4.80. The third-order valence-corrected chi connectivity index (χ3v) is 15.2. The highest BCUT2D eigenvalue weighted by molar-refractivity contribution is 6.23. The van der Waals surface area contributed by atoms with Gasteiger partial charge in [0.25, 0.3) is 0 Å². The molecule has 4 aromatic heterocycles. The van der Waals surface area contributed by atoms with E-state index in [2.05, 4.69) is 240 Å². The van der Waals surface area contributed by atoms with E-state index in [9.17, 15) is 0 Å². The third kappa shape index (κ3) is 4.71. The summed E-state index contributed by atoms with van der Waals surface area (Å²) in [5, 5.41) is 10.3. The lowest BCUT2D eigenvalue weighted by Gasteiger charge is -2.23. The van der Waals surface area contributed by atoms with Crippen LogP contribution in [0.4, 0.5) is 0 Å². The molecule has 15 rings (SSSR count). The summed E-state index contributed by atoms with van der Waals surface area (Å²) < 4.78 is 7.34. The van der Waals surface area contributed by atoms with Crippen molar-refractivity contribution in [3.05, 3.63) is 223 Å². The van der Waals surface area contributed by atoms with Crippen LogP contribution in [-0.4, -0.2) is 13.5 Å². The number of fused-ring (bicyclic) bond motifs is 15. The van der Waals surface area contributed by atoms with Gasteiger partial charge in [0.15, 0.2) is 0 Å². The van der Waals surface area contributed by atoms with Crippen molar-refractivity contribution >= 4 is 81.7 Å². The zero-order chi connectivity index (χ0) is 43.4. The fourth-order valence-electron chi connectivity index (χ4n) is 12.1. The average molecular weight is 840 g/mol. The number of nitrogens with zero attached hydrogens (tertiary/aromatic N) is 3. The van der Waals surface area contributed by atoms with Gasteiger partial charge in [-0.15, -0.1) is 0 Å². The predicted molar refractivity (Wildman–Crippen MR) is 278 cm³/mol. The summed E-state index contributed by atoms with van der Waals surface area (Å²) in [5.74, 6) is 0. The third-order valence-electron chi connectivity index (χ3n) is 15.2. The van der Waals surface area contributed by atoms with Gasteiger partial charge in [0, 0.05) is 59.9 Å². The van der Waals surface area contributed by atoms with Gasteiger partial charge in [0.2, 0.25) is 0 Å². The highest BCUT2D eigenvalue weighted by atomic mass is 15.0. The van der Waals surface area contributed by atoms with E-state index >= 15 is 0 Å². The summed E-state index contributed by atoms with van der Waals surface area (Å²) in [7, 11) is 0. The lowest BCUT2D eigenvalue weighted by atomic mass is 9.81. The number of benzene rings is 10. The predicted octanol–water partition coefficient (Wildman–Crippen LogP) is 16.7. The quantitative estimate of drug-likeness (QED) is 0.168. The van der Waals surface area contributed by atoms with Crippen LogP contribution in [0.2, 0.25) is 0 Å².